The average molecular weight is 311 g/mol. The second-order valence-corrected chi connectivity index (χ2v) is 5.26. The molecule has 22 heavy (non-hydrogen) atoms. The van der Waals surface area contributed by atoms with Crippen molar-refractivity contribution in [2.24, 2.45) is 0 Å². The van der Waals surface area contributed by atoms with Gasteiger partial charge in [0.2, 0.25) is 0 Å². The van der Waals surface area contributed by atoms with Gasteiger partial charge in [-0.1, -0.05) is 41.9 Å². The van der Waals surface area contributed by atoms with Gasteiger partial charge in [0.15, 0.2) is 5.65 Å². The van der Waals surface area contributed by atoms with Gasteiger partial charge in [-0.15, -0.1) is 5.10 Å². The molecule has 0 amide bonds. The fraction of sp³-hybridized carbons (Fsp3) is 0.0625. The minimum Gasteiger partial charge on any atom is -0.488 e. The van der Waals surface area contributed by atoms with Crippen LogP contribution in [0, 0.1) is 0 Å². The van der Waals surface area contributed by atoms with E-state index in [0.717, 1.165) is 22.2 Å². The molecule has 0 bridgehead atoms. The summed E-state index contributed by atoms with van der Waals surface area (Å²) in [6.45, 7) is 0.390. The standard InChI is InChI=1S/C16H11ClN4O/c17-13-7-3-1-5-11(13)10-22-15-9-16-18-19-20-21(16)14-8-4-2-6-12(14)15/h1-9H,10H2. The van der Waals surface area contributed by atoms with Gasteiger partial charge >= 0.3 is 0 Å². The Labute approximate surface area is 131 Å². The lowest BCUT2D eigenvalue weighted by Gasteiger charge is -2.11. The Bertz CT molecular complexity index is 967. The van der Waals surface area contributed by atoms with Crippen LogP contribution < -0.4 is 4.74 Å². The zero-order valence-electron chi connectivity index (χ0n) is 11.5. The highest BCUT2D eigenvalue weighted by Crippen LogP contribution is 2.28. The number of hydrogen-bond acceptors (Lipinski definition) is 4. The molecule has 0 radical (unpaired) electrons. The number of nitrogens with zero attached hydrogens (tertiary/aromatic N) is 4. The van der Waals surface area contributed by atoms with Gasteiger partial charge in [0.25, 0.3) is 0 Å². The van der Waals surface area contributed by atoms with Gasteiger partial charge in [-0.2, -0.15) is 4.52 Å². The summed E-state index contributed by atoms with van der Waals surface area (Å²) >= 11 is 6.17. The molecule has 6 heteroatoms. The van der Waals surface area contributed by atoms with E-state index in [0.29, 0.717) is 17.3 Å². The van der Waals surface area contributed by atoms with E-state index in [-0.39, 0.29) is 0 Å². The molecular formula is C16H11ClN4O. The SMILES string of the molecule is Clc1ccccc1COc1cc2nnnn2c2ccccc12. The third kappa shape index (κ3) is 2.16. The van der Waals surface area contributed by atoms with Gasteiger partial charge in [-0.05, 0) is 28.6 Å². The molecule has 2 aromatic carbocycles. The molecule has 0 aliphatic heterocycles. The van der Waals surface area contributed by atoms with Gasteiger partial charge in [-0.25, -0.2) is 0 Å². The average Bonchev–Trinajstić information content (AvgIpc) is 3.02. The van der Waals surface area contributed by atoms with Crippen LogP contribution >= 0.6 is 11.6 Å². The Hall–Kier alpha value is -2.66. The zero-order valence-corrected chi connectivity index (χ0v) is 12.2. The number of para-hydroxylation sites is 1. The quantitative estimate of drug-likeness (QED) is 0.581. The molecule has 0 spiro atoms. The first-order valence-electron chi connectivity index (χ1n) is 6.79. The number of benzene rings is 2. The van der Waals surface area contributed by atoms with Gasteiger partial charge in [0.05, 0.1) is 5.52 Å². The van der Waals surface area contributed by atoms with Crippen LogP contribution in [0.15, 0.2) is 54.6 Å². The summed E-state index contributed by atoms with van der Waals surface area (Å²) in [6, 6.07) is 17.3. The maximum atomic E-state index is 6.17. The first-order chi connectivity index (χ1) is 10.8. The Morgan fingerprint density at radius 2 is 1.86 bits per heavy atom. The molecule has 0 aliphatic rings. The first kappa shape index (κ1) is 13.0. The predicted octanol–water partition coefficient (Wildman–Crippen LogP) is 3.51. The zero-order chi connectivity index (χ0) is 14.9. The minimum atomic E-state index is 0.390. The minimum absolute atomic E-state index is 0.390. The van der Waals surface area contributed by atoms with E-state index in [2.05, 4.69) is 15.5 Å². The number of tetrazole rings is 1. The van der Waals surface area contributed by atoms with Crippen molar-refractivity contribution in [3.63, 3.8) is 0 Å². The summed E-state index contributed by atoms with van der Waals surface area (Å²) in [5, 5.41) is 13.4. The normalized spacial score (nSPS) is 11.1. The summed E-state index contributed by atoms with van der Waals surface area (Å²) in [5.41, 5.74) is 2.49. The molecule has 4 rings (SSSR count). The molecule has 0 saturated carbocycles. The molecule has 0 saturated heterocycles. The lowest BCUT2D eigenvalue weighted by molar-refractivity contribution is 0.310. The second kappa shape index (κ2) is 5.27. The molecule has 0 atom stereocenters. The maximum absolute atomic E-state index is 6.17. The molecule has 0 N–H and O–H groups in total. The van der Waals surface area contributed by atoms with Crippen molar-refractivity contribution in [2.45, 2.75) is 6.61 Å². The lowest BCUT2D eigenvalue weighted by atomic mass is 10.2. The fourth-order valence-corrected chi connectivity index (χ4v) is 2.60. The van der Waals surface area contributed by atoms with E-state index in [1.807, 2.05) is 54.6 Å². The largest absolute Gasteiger partial charge is 0.488 e. The van der Waals surface area contributed by atoms with Crippen LogP contribution in [0.1, 0.15) is 5.56 Å². The third-order valence-corrected chi connectivity index (χ3v) is 3.86. The van der Waals surface area contributed by atoms with Crippen molar-refractivity contribution in [2.75, 3.05) is 0 Å². The maximum Gasteiger partial charge on any atom is 0.183 e. The van der Waals surface area contributed by atoms with Gasteiger partial charge in [0.1, 0.15) is 12.4 Å². The summed E-state index contributed by atoms with van der Waals surface area (Å²) in [7, 11) is 0. The van der Waals surface area contributed by atoms with Gasteiger partial charge in [-0.3, -0.25) is 0 Å². The van der Waals surface area contributed by atoms with Crippen molar-refractivity contribution >= 4 is 28.2 Å². The first-order valence-corrected chi connectivity index (χ1v) is 7.17. The van der Waals surface area contributed by atoms with E-state index in [1.165, 1.54) is 0 Å². The molecule has 5 nitrogen and oxygen atoms in total. The van der Waals surface area contributed by atoms with Crippen molar-refractivity contribution in [3.8, 4) is 5.75 Å². The lowest BCUT2D eigenvalue weighted by Crippen LogP contribution is -1.99. The van der Waals surface area contributed by atoms with Crippen molar-refractivity contribution in [3.05, 3.63) is 65.2 Å². The van der Waals surface area contributed by atoms with Crippen LogP contribution in [-0.4, -0.2) is 20.0 Å². The number of rotatable bonds is 3. The summed E-state index contributed by atoms with van der Waals surface area (Å²) in [4.78, 5) is 0. The van der Waals surface area contributed by atoms with Gasteiger partial charge < -0.3 is 4.74 Å². The van der Waals surface area contributed by atoms with Crippen molar-refractivity contribution < 1.29 is 4.74 Å². The van der Waals surface area contributed by atoms with Crippen LogP contribution in [-0.2, 0) is 6.61 Å². The van der Waals surface area contributed by atoms with E-state index in [1.54, 1.807) is 4.52 Å². The second-order valence-electron chi connectivity index (χ2n) is 4.85. The van der Waals surface area contributed by atoms with Crippen LogP contribution in [0.25, 0.3) is 16.6 Å². The Balaban J connectivity index is 1.78. The highest BCUT2D eigenvalue weighted by atomic mass is 35.5. The summed E-state index contributed by atoms with van der Waals surface area (Å²) in [6.07, 6.45) is 0. The van der Waals surface area contributed by atoms with Crippen molar-refractivity contribution in [1.29, 1.82) is 0 Å². The summed E-state index contributed by atoms with van der Waals surface area (Å²) < 4.78 is 7.66. The number of ether oxygens (including phenoxy) is 1. The number of hydrogen-bond donors (Lipinski definition) is 0. The van der Waals surface area contributed by atoms with E-state index < -0.39 is 0 Å². The molecule has 0 unspecified atom stereocenters. The van der Waals surface area contributed by atoms with Crippen LogP contribution in [0.4, 0.5) is 0 Å². The molecule has 108 valence electrons. The van der Waals surface area contributed by atoms with Gasteiger partial charge in [0, 0.05) is 22.0 Å². The smallest absolute Gasteiger partial charge is 0.183 e. The predicted molar refractivity (Wildman–Crippen MR) is 84.1 cm³/mol. The Morgan fingerprint density at radius 1 is 1.05 bits per heavy atom. The highest BCUT2D eigenvalue weighted by Gasteiger charge is 2.10. The van der Waals surface area contributed by atoms with E-state index in [4.69, 9.17) is 16.3 Å². The monoisotopic (exact) mass is 310 g/mol. The molecule has 0 aliphatic carbocycles. The summed E-state index contributed by atoms with van der Waals surface area (Å²) in [5.74, 6) is 0.734. The molecule has 4 aromatic rings. The number of halogens is 1. The topological polar surface area (TPSA) is 52.3 Å². The number of aromatic nitrogens is 4. The van der Waals surface area contributed by atoms with Crippen LogP contribution in [0.2, 0.25) is 5.02 Å². The van der Waals surface area contributed by atoms with E-state index >= 15 is 0 Å². The molecule has 0 fully saturated rings. The fourth-order valence-electron chi connectivity index (χ4n) is 2.41. The molecular weight excluding hydrogens is 300 g/mol. The Kier molecular flexibility index (Phi) is 3.12. The van der Waals surface area contributed by atoms with E-state index in [9.17, 15) is 0 Å². The third-order valence-electron chi connectivity index (χ3n) is 3.49. The van der Waals surface area contributed by atoms with Crippen LogP contribution in [0.5, 0.6) is 5.75 Å². The Morgan fingerprint density at radius 3 is 2.77 bits per heavy atom. The highest BCUT2D eigenvalue weighted by molar-refractivity contribution is 6.31. The van der Waals surface area contributed by atoms with Crippen molar-refractivity contribution in [1.82, 2.24) is 20.0 Å². The van der Waals surface area contributed by atoms with Crippen LogP contribution in [0.3, 0.4) is 0 Å². The molecule has 2 heterocycles. The molecule has 2 aromatic heterocycles. The number of fused-ring (bicyclic) bond motifs is 3. The number of pyridine rings is 1.